The van der Waals surface area contributed by atoms with Crippen molar-refractivity contribution in [3.63, 3.8) is 0 Å². The Hall–Kier alpha value is -0.330. The lowest BCUT2D eigenvalue weighted by molar-refractivity contribution is -0.118. The minimum Gasteiger partial charge on any atom is -0.300 e. The van der Waals surface area contributed by atoms with Crippen molar-refractivity contribution in [2.75, 3.05) is 0 Å². The van der Waals surface area contributed by atoms with E-state index in [1.165, 1.54) is 0 Å². The summed E-state index contributed by atoms with van der Waals surface area (Å²) in [4.78, 5) is 10.9. The number of carbonyl (C=O) groups is 1. The fraction of sp³-hybridized carbons (Fsp3) is 0.900. The van der Waals surface area contributed by atoms with Crippen LogP contribution >= 0.6 is 0 Å². The second-order valence-electron chi connectivity index (χ2n) is 4.38. The number of Topliss-reactive ketones (excluding diaryl/α,β-unsaturated/α-hetero) is 1. The molecule has 11 heavy (non-hydrogen) atoms. The van der Waals surface area contributed by atoms with Crippen LogP contribution in [0.3, 0.4) is 0 Å². The zero-order valence-electron chi connectivity index (χ0n) is 8.40. The normalized spacial score (nSPS) is 14.6. The summed E-state index contributed by atoms with van der Waals surface area (Å²) in [5.41, 5.74) is 0.278. The molecule has 0 aliphatic carbocycles. The highest BCUT2D eigenvalue weighted by Crippen LogP contribution is 2.31. The maximum absolute atomic E-state index is 10.9. The number of carbonyl (C=O) groups excluding carboxylic acids is 1. The first-order valence-corrected chi connectivity index (χ1v) is 4.37. The van der Waals surface area contributed by atoms with E-state index in [0.29, 0.717) is 11.7 Å². The fourth-order valence-corrected chi connectivity index (χ4v) is 1.41. The van der Waals surface area contributed by atoms with Crippen molar-refractivity contribution in [2.45, 2.75) is 47.5 Å². The molecule has 0 radical (unpaired) electrons. The minimum absolute atomic E-state index is 0.278. The van der Waals surface area contributed by atoms with Crippen molar-refractivity contribution in [3.05, 3.63) is 0 Å². The van der Waals surface area contributed by atoms with Gasteiger partial charge >= 0.3 is 0 Å². The lowest BCUT2D eigenvalue weighted by atomic mass is 9.76. The van der Waals surface area contributed by atoms with E-state index in [4.69, 9.17) is 0 Å². The van der Waals surface area contributed by atoms with Gasteiger partial charge in [-0.2, -0.15) is 0 Å². The van der Waals surface area contributed by atoms with Crippen LogP contribution < -0.4 is 0 Å². The predicted molar refractivity (Wildman–Crippen MR) is 48.5 cm³/mol. The molecule has 66 valence electrons. The quantitative estimate of drug-likeness (QED) is 0.614. The van der Waals surface area contributed by atoms with E-state index in [1.807, 2.05) is 0 Å². The first kappa shape index (κ1) is 10.7. The van der Waals surface area contributed by atoms with Crippen LogP contribution in [0.25, 0.3) is 0 Å². The molecular formula is C10H20O. The minimum atomic E-state index is 0.278. The highest BCUT2D eigenvalue weighted by Gasteiger charge is 2.23. The third-order valence-electron chi connectivity index (χ3n) is 2.25. The maximum atomic E-state index is 10.9. The number of hydrogen-bond donors (Lipinski definition) is 0. The zero-order valence-corrected chi connectivity index (χ0v) is 8.40. The monoisotopic (exact) mass is 156 g/mol. The second-order valence-corrected chi connectivity index (χ2v) is 4.38. The van der Waals surface area contributed by atoms with Gasteiger partial charge in [-0.05, 0) is 18.3 Å². The van der Waals surface area contributed by atoms with E-state index in [9.17, 15) is 4.79 Å². The average molecular weight is 156 g/mol. The van der Waals surface area contributed by atoms with Crippen LogP contribution in [-0.4, -0.2) is 5.78 Å². The van der Waals surface area contributed by atoms with E-state index < -0.39 is 0 Å². The van der Waals surface area contributed by atoms with Crippen LogP contribution in [-0.2, 0) is 4.79 Å². The molecular weight excluding hydrogens is 136 g/mol. The lowest BCUT2D eigenvalue weighted by Crippen LogP contribution is -2.21. The van der Waals surface area contributed by atoms with Crippen LogP contribution in [0.5, 0.6) is 0 Å². The van der Waals surface area contributed by atoms with E-state index in [1.54, 1.807) is 6.92 Å². The Morgan fingerprint density at radius 1 is 1.36 bits per heavy atom. The van der Waals surface area contributed by atoms with Gasteiger partial charge in [-0.15, -0.1) is 0 Å². The summed E-state index contributed by atoms with van der Waals surface area (Å²) in [6, 6.07) is 0. The predicted octanol–water partition coefficient (Wildman–Crippen LogP) is 3.04. The van der Waals surface area contributed by atoms with E-state index in [2.05, 4.69) is 27.7 Å². The molecule has 0 N–H and O–H groups in total. The Morgan fingerprint density at radius 3 is 1.91 bits per heavy atom. The van der Waals surface area contributed by atoms with Crippen LogP contribution in [0.2, 0.25) is 0 Å². The molecule has 0 spiro atoms. The van der Waals surface area contributed by atoms with E-state index >= 15 is 0 Å². The topological polar surface area (TPSA) is 17.1 Å². The summed E-state index contributed by atoms with van der Waals surface area (Å²) in [5.74, 6) is 0.853. The molecule has 0 aliphatic heterocycles. The Kier molecular flexibility index (Phi) is 3.77. The van der Waals surface area contributed by atoms with Gasteiger partial charge < -0.3 is 4.79 Å². The van der Waals surface area contributed by atoms with Crippen molar-refractivity contribution >= 4 is 5.78 Å². The molecule has 1 unspecified atom stereocenters. The summed E-state index contributed by atoms with van der Waals surface area (Å²) in [6.07, 6.45) is 1.84. The molecule has 0 rings (SSSR count). The third-order valence-corrected chi connectivity index (χ3v) is 2.25. The molecule has 0 saturated carbocycles. The number of hydrogen-bond acceptors (Lipinski definition) is 1. The summed E-state index contributed by atoms with van der Waals surface area (Å²) < 4.78 is 0. The maximum Gasteiger partial charge on any atom is 0.130 e. The van der Waals surface area contributed by atoms with Crippen LogP contribution in [0.4, 0.5) is 0 Å². The summed E-state index contributed by atoms with van der Waals surface area (Å²) in [5, 5.41) is 0. The van der Waals surface area contributed by atoms with Crippen LogP contribution in [0.15, 0.2) is 0 Å². The molecule has 0 bridgehead atoms. The summed E-state index contributed by atoms with van der Waals surface area (Å²) >= 11 is 0. The number of rotatable bonds is 3. The highest BCUT2D eigenvalue weighted by molar-refractivity contribution is 5.75. The van der Waals surface area contributed by atoms with Crippen molar-refractivity contribution in [3.8, 4) is 0 Å². The third kappa shape index (κ3) is 4.18. The Morgan fingerprint density at radius 2 is 1.82 bits per heavy atom. The van der Waals surface area contributed by atoms with Gasteiger partial charge in [0.05, 0.1) is 0 Å². The summed E-state index contributed by atoms with van der Waals surface area (Å²) in [6.45, 7) is 10.4. The van der Waals surface area contributed by atoms with Crippen LogP contribution in [0.1, 0.15) is 47.5 Å². The molecule has 0 saturated heterocycles. The first-order valence-electron chi connectivity index (χ1n) is 4.37. The Bertz CT molecular complexity index is 130. The largest absolute Gasteiger partial charge is 0.300 e. The zero-order chi connectivity index (χ0) is 9.07. The second kappa shape index (κ2) is 3.89. The molecule has 0 aromatic heterocycles. The molecule has 0 fully saturated rings. The summed E-state index contributed by atoms with van der Waals surface area (Å²) in [7, 11) is 0. The Labute approximate surface area is 70.2 Å². The average Bonchev–Trinajstić information content (AvgIpc) is 1.79. The van der Waals surface area contributed by atoms with Gasteiger partial charge in [0.2, 0.25) is 0 Å². The molecule has 0 heterocycles. The van der Waals surface area contributed by atoms with Crippen LogP contribution in [0, 0.1) is 11.3 Å². The standard InChI is InChI=1S/C10H20O/c1-6-9(7-8(2)11)10(3,4)5/h9H,6-7H2,1-5H3. The van der Waals surface area contributed by atoms with Gasteiger partial charge in [-0.25, -0.2) is 0 Å². The van der Waals surface area contributed by atoms with Crippen molar-refractivity contribution in [1.82, 2.24) is 0 Å². The number of ketones is 1. The van der Waals surface area contributed by atoms with Gasteiger partial charge in [0.25, 0.3) is 0 Å². The molecule has 0 aromatic rings. The highest BCUT2D eigenvalue weighted by atomic mass is 16.1. The van der Waals surface area contributed by atoms with E-state index in [0.717, 1.165) is 12.8 Å². The van der Waals surface area contributed by atoms with Gasteiger partial charge in [0, 0.05) is 6.42 Å². The van der Waals surface area contributed by atoms with Gasteiger partial charge in [-0.1, -0.05) is 34.1 Å². The van der Waals surface area contributed by atoms with E-state index in [-0.39, 0.29) is 5.41 Å². The smallest absolute Gasteiger partial charge is 0.130 e. The van der Waals surface area contributed by atoms with Crippen molar-refractivity contribution in [1.29, 1.82) is 0 Å². The molecule has 1 heteroatoms. The molecule has 0 aliphatic rings. The van der Waals surface area contributed by atoms with Gasteiger partial charge in [-0.3, -0.25) is 0 Å². The SMILES string of the molecule is CCC(CC(C)=O)C(C)(C)C. The fourth-order valence-electron chi connectivity index (χ4n) is 1.41. The molecule has 0 aromatic carbocycles. The van der Waals surface area contributed by atoms with Crippen molar-refractivity contribution in [2.24, 2.45) is 11.3 Å². The molecule has 1 nitrogen and oxygen atoms in total. The van der Waals surface area contributed by atoms with Crippen molar-refractivity contribution < 1.29 is 4.79 Å². The van der Waals surface area contributed by atoms with Gasteiger partial charge in [0.1, 0.15) is 5.78 Å². The lowest BCUT2D eigenvalue weighted by Gasteiger charge is -2.28. The first-order chi connectivity index (χ1) is 4.88. The Balaban J connectivity index is 4.07. The molecule has 0 amide bonds. The van der Waals surface area contributed by atoms with Gasteiger partial charge in [0.15, 0.2) is 0 Å². The molecule has 1 atom stereocenters.